The molecular weight excluding hydrogens is 746 g/mol. The molecule has 4 aromatic carbocycles. The standard InChI is InChI=1S/C37H27BrClN3O5S2/c38-19-6-12-26(47-16-27(43)40-21-9-5-17-3-1-2-4-18(17)13-21)23(14-19)28-29-24-15-25(32(29)48-34-33(28)49-37(46)41-34)31-30(24)35(44)42(36(31)45)22-10-7-20(39)8-11-22/h1-14,24-25,28-32H,15-16H2,(H,40,43)(H,41,46)/t24-,25-,28-,29?,30?,31?,32?/m1/s1. The lowest BCUT2D eigenvalue weighted by molar-refractivity contribution is -0.123. The number of hydrogen-bond donors (Lipinski definition) is 2. The van der Waals surface area contributed by atoms with E-state index in [1.165, 1.54) is 16.2 Å². The highest BCUT2D eigenvalue weighted by Gasteiger charge is 2.69. The molecule has 0 radical (unpaired) electrons. The van der Waals surface area contributed by atoms with Crippen molar-refractivity contribution in [3.8, 4) is 5.75 Å². The zero-order valence-corrected chi connectivity index (χ0v) is 29.6. The first-order valence-electron chi connectivity index (χ1n) is 16.0. The Bertz CT molecular complexity index is 2260. The number of halogens is 2. The molecule has 1 saturated heterocycles. The molecule has 5 aromatic rings. The highest BCUT2D eigenvalue weighted by Crippen LogP contribution is 2.69. The Kier molecular flexibility index (Phi) is 7.53. The van der Waals surface area contributed by atoms with Crippen molar-refractivity contribution in [3.05, 3.63) is 115 Å². The number of carbonyl (C=O) groups is 3. The molecule has 2 aliphatic heterocycles. The number of thioether (sulfide) groups is 1. The van der Waals surface area contributed by atoms with Crippen LogP contribution >= 0.6 is 50.6 Å². The summed E-state index contributed by atoms with van der Waals surface area (Å²) in [4.78, 5) is 59.1. The maximum absolute atomic E-state index is 14.1. The zero-order chi connectivity index (χ0) is 33.6. The Morgan fingerprint density at radius 1 is 0.939 bits per heavy atom. The molecule has 3 fully saturated rings. The van der Waals surface area contributed by atoms with E-state index in [0.717, 1.165) is 37.1 Å². The van der Waals surface area contributed by atoms with Crippen molar-refractivity contribution in [1.82, 2.24) is 4.98 Å². The van der Waals surface area contributed by atoms with Crippen LogP contribution in [-0.2, 0) is 14.4 Å². The Balaban J connectivity index is 1.04. The fourth-order valence-corrected chi connectivity index (χ4v) is 12.1. The molecule has 9 rings (SSSR count). The molecule has 7 atom stereocenters. The van der Waals surface area contributed by atoms with Crippen LogP contribution in [-0.4, -0.2) is 34.6 Å². The number of amides is 3. The summed E-state index contributed by atoms with van der Waals surface area (Å²) in [7, 11) is 0. The van der Waals surface area contributed by atoms with Crippen LogP contribution in [0, 0.1) is 29.6 Å². The number of hydrogen-bond acceptors (Lipinski definition) is 7. The molecule has 4 unspecified atom stereocenters. The third kappa shape index (κ3) is 5.08. The number of aromatic amines is 1. The van der Waals surface area contributed by atoms with Gasteiger partial charge in [-0.25, -0.2) is 0 Å². The van der Waals surface area contributed by atoms with Gasteiger partial charge in [-0.15, -0.1) is 11.8 Å². The molecule has 246 valence electrons. The van der Waals surface area contributed by atoms with Crippen LogP contribution in [0.5, 0.6) is 5.75 Å². The van der Waals surface area contributed by atoms with Gasteiger partial charge in [-0.05, 0) is 89.5 Å². The predicted molar refractivity (Wildman–Crippen MR) is 195 cm³/mol. The molecule has 2 aliphatic carbocycles. The first-order chi connectivity index (χ1) is 23.7. The summed E-state index contributed by atoms with van der Waals surface area (Å²) < 4.78 is 7.09. The smallest absolute Gasteiger partial charge is 0.305 e. The van der Waals surface area contributed by atoms with Crippen molar-refractivity contribution >= 4 is 90.5 Å². The molecule has 2 bridgehead atoms. The lowest BCUT2D eigenvalue weighted by atomic mass is 9.68. The van der Waals surface area contributed by atoms with E-state index in [1.807, 2.05) is 60.7 Å². The fourth-order valence-electron chi connectivity index (χ4n) is 8.71. The van der Waals surface area contributed by atoms with Gasteiger partial charge < -0.3 is 15.0 Å². The lowest BCUT2D eigenvalue weighted by Crippen LogP contribution is -2.42. The molecule has 2 N–H and O–H groups in total. The summed E-state index contributed by atoms with van der Waals surface area (Å²) in [6.45, 7) is -0.215. The molecule has 49 heavy (non-hydrogen) atoms. The molecule has 3 amide bonds. The summed E-state index contributed by atoms with van der Waals surface area (Å²) in [5.41, 5.74) is 2.06. The van der Waals surface area contributed by atoms with Gasteiger partial charge in [0.05, 0.1) is 22.5 Å². The van der Waals surface area contributed by atoms with E-state index >= 15 is 0 Å². The van der Waals surface area contributed by atoms with Gasteiger partial charge in [0.25, 0.3) is 5.91 Å². The number of H-pyrrole nitrogens is 1. The number of aromatic nitrogens is 1. The second-order valence-corrected chi connectivity index (χ2v) is 16.6. The number of thiazole rings is 1. The SMILES string of the molecule is O=C(COc1ccc(Br)cc1[C@H]1c2sc(=O)[nH]c2SC2C1[C@H]1C[C@@H]2C2C(=O)N(c3ccc(Cl)cc3)C(=O)C21)Nc1ccc2ccccc2c1. The fraction of sp³-hybridized carbons (Fsp3) is 0.243. The second-order valence-electron chi connectivity index (χ2n) is 13.0. The van der Waals surface area contributed by atoms with Gasteiger partial charge in [0.15, 0.2) is 6.61 Å². The highest BCUT2D eigenvalue weighted by molar-refractivity contribution is 9.10. The third-order valence-corrected chi connectivity index (χ3v) is 13.8. The first kappa shape index (κ1) is 31.1. The molecule has 0 spiro atoms. The van der Waals surface area contributed by atoms with Gasteiger partial charge in [0.1, 0.15) is 5.75 Å². The Hall–Kier alpha value is -3.90. The number of anilines is 2. The highest BCUT2D eigenvalue weighted by atomic mass is 79.9. The number of ether oxygens (including phenoxy) is 1. The largest absolute Gasteiger partial charge is 0.483 e. The van der Waals surface area contributed by atoms with Gasteiger partial charge in [0, 0.05) is 36.8 Å². The molecule has 2 saturated carbocycles. The summed E-state index contributed by atoms with van der Waals surface area (Å²) >= 11 is 12.6. The Labute approximate surface area is 302 Å². The maximum Gasteiger partial charge on any atom is 0.305 e. The summed E-state index contributed by atoms with van der Waals surface area (Å²) in [5, 5.41) is 6.40. The van der Waals surface area contributed by atoms with E-state index in [2.05, 4.69) is 26.2 Å². The number of imide groups is 1. The Morgan fingerprint density at radius 3 is 2.49 bits per heavy atom. The van der Waals surface area contributed by atoms with Crippen molar-refractivity contribution in [1.29, 1.82) is 0 Å². The first-order valence-corrected chi connectivity index (χ1v) is 18.9. The Morgan fingerprint density at radius 2 is 1.69 bits per heavy atom. The average Bonchev–Trinajstić information content (AvgIpc) is 3.83. The monoisotopic (exact) mass is 771 g/mol. The van der Waals surface area contributed by atoms with E-state index in [-0.39, 0.29) is 58.1 Å². The van der Waals surface area contributed by atoms with E-state index in [9.17, 15) is 19.2 Å². The van der Waals surface area contributed by atoms with Crippen molar-refractivity contribution in [2.75, 3.05) is 16.8 Å². The average molecular weight is 773 g/mol. The molecule has 1 aromatic heterocycles. The van der Waals surface area contributed by atoms with Gasteiger partial charge in [-0.3, -0.25) is 24.1 Å². The summed E-state index contributed by atoms with van der Waals surface area (Å²) in [5.74, 6) is -1.34. The lowest BCUT2D eigenvalue weighted by Gasteiger charge is -2.43. The van der Waals surface area contributed by atoms with Gasteiger partial charge >= 0.3 is 4.87 Å². The summed E-state index contributed by atoms with van der Waals surface area (Å²) in [6, 6.07) is 26.2. The van der Waals surface area contributed by atoms with E-state index in [0.29, 0.717) is 22.1 Å². The minimum Gasteiger partial charge on any atom is -0.483 e. The second kappa shape index (κ2) is 11.9. The maximum atomic E-state index is 14.1. The summed E-state index contributed by atoms with van der Waals surface area (Å²) in [6.07, 6.45) is 0.762. The van der Waals surface area contributed by atoms with Crippen LogP contribution < -0.4 is 19.8 Å². The van der Waals surface area contributed by atoms with Crippen molar-refractivity contribution < 1.29 is 19.1 Å². The zero-order valence-electron chi connectivity index (χ0n) is 25.6. The molecule has 8 nitrogen and oxygen atoms in total. The number of rotatable bonds is 6. The van der Waals surface area contributed by atoms with Crippen LogP contribution in [0.15, 0.2) is 99.2 Å². The van der Waals surface area contributed by atoms with Crippen molar-refractivity contribution in [3.63, 3.8) is 0 Å². The van der Waals surface area contributed by atoms with E-state index < -0.39 is 11.8 Å². The van der Waals surface area contributed by atoms with Crippen LogP contribution in [0.4, 0.5) is 11.4 Å². The van der Waals surface area contributed by atoms with Crippen LogP contribution in [0.25, 0.3) is 10.8 Å². The number of nitrogens with zero attached hydrogens (tertiary/aromatic N) is 1. The molecule has 3 heterocycles. The van der Waals surface area contributed by atoms with Crippen LogP contribution in [0.2, 0.25) is 5.02 Å². The minimum atomic E-state index is -0.445. The van der Waals surface area contributed by atoms with Gasteiger partial charge in [-0.2, -0.15) is 0 Å². The molecule has 12 heteroatoms. The normalized spacial score (nSPS) is 26.5. The number of fused-ring (bicyclic) bond motifs is 10. The predicted octanol–water partition coefficient (Wildman–Crippen LogP) is 7.70. The molecule has 4 aliphatic rings. The number of nitrogens with one attached hydrogen (secondary N) is 2. The quantitative estimate of drug-likeness (QED) is 0.171. The topological polar surface area (TPSA) is 109 Å². The van der Waals surface area contributed by atoms with Crippen LogP contribution in [0.3, 0.4) is 0 Å². The molecular formula is C37H27BrClN3O5S2. The van der Waals surface area contributed by atoms with Crippen molar-refractivity contribution in [2.45, 2.75) is 22.6 Å². The van der Waals surface area contributed by atoms with Gasteiger partial charge in [-0.1, -0.05) is 69.2 Å². The van der Waals surface area contributed by atoms with E-state index in [1.54, 1.807) is 36.0 Å². The third-order valence-electron chi connectivity index (χ3n) is 10.5. The number of carbonyl (C=O) groups excluding carboxylic acids is 3. The number of benzene rings is 4. The van der Waals surface area contributed by atoms with Crippen molar-refractivity contribution in [2.24, 2.45) is 29.6 Å². The minimum absolute atomic E-state index is 0.0129. The van der Waals surface area contributed by atoms with Crippen LogP contribution in [0.1, 0.15) is 22.8 Å². The van der Waals surface area contributed by atoms with E-state index in [4.69, 9.17) is 16.3 Å². The van der Waals surface area contributed by atoms with Gasteiger partial charge in [0.2, 0.25) is 11.8 Å².